The number of likely N-dealkylation sites (tertiary alicyclic amines) is 1. The normalized spacial score (nSPS) is 19.8. The average molecular weight is 436 g/mol. The van der Waals surface area contributed by atoms with Gasteiger partial charge < -0.3 is 19.8 Å². The Kier molecular flexibility index (Phi) is 5.79. The standard InChI is InChI=1S/C21H25NO5S2/c23-18(24)5-8-22-9-6-20(7-10-22)13-15(14-20)27-19(25)21(26,16-3-1-11-28-16)17-4-2-12-29-17/h1-4,11-12,15,26H,5-10,13-14H2,(H,23,24). The lowest BCUT2D eigenvalue weighted by Crippen LogP contribution is -2.52. The smallest absolute Gasteiger partial charge is 0.349 e. The van der Waals surface area contributed by atoms with Crippen molar-refractivity contribution in [2.24, 2.45) is 5.41 Å². The van der Waals surface area contributed by atoms with Crippen LogP contribution in [0.5, 0.6) is 0 Å². The Bertz CT molecular complexity index is 798. The molecule has 6 nitrogen and oxygen atoms in total. The highest BCUT2D eigenvalue weighted by Gasteiger charge is 2.51. The highest BCUT2D eigenvalue weighted by molar-refractivity contribution is 7.12. The predicted molar refractivity (Wildman–Crippen MR) is 111 cm³/mol. The third kappa shape index (κ3) is 4.12. The van der Waals surface area contributed by atoms with Gasteiger partial charge >= 0.3 is 11.9 Å². The zero-order valence-corrected chi connectivity index (χ0v) is 17.7. The van der Waals surface area contributed by atoms with E-state index < -0.39 is 17.5 Å². The Balaban J connectivity index is 1.34. The molecule has 0 amide bonds. The van der Waals surface area contributed by atoms with Crippen LogP contribution in [0.4, 0.5) is 0 Å². The van der Waals surface area contributed by atoms with Gasteiger partial charge in [0.2, 0.25) is 5.60 Å². The highest BCUT2D eigenvalue weighted by atomic mass is 32.1. The molecule has 3 heterocycles. The fraction of sp³-hybridized carbons (Fsp3) is 0.524. The highest BCUT2D eigenvalue weighted by Crippen LogP contribution is 2.51. The van der Waals surface area contributed by atoms with Crippen LogP contribution in [-0.4, -0.2) is 52.8 Å². The van der Waals surface area contributed by atoms with Crippen molar-refractivity contribution in [2.45, 2.75) is 43.8 Å². The first kappa shape index (κ1) is 20.5. The van der Waals surface area contributed by atoms with E-state index in [4.69, 9.17) is 9.84 Å². The summed E-state index contributed by atoms with van der Waals surface area (Å²) in [6.07, 6.45) is 3.64. The molecule has 2 fully saturated rings. The first-order valence-electron chi connectivity index (χ1n) is 9.87. The average Bonchev–Trinajstić information content (AvgIpc) is 3.39. The molecule has 0 aromatic carbocycles. The lowest BCUT2D eigenvalue weighted by molar-refractivity contribution is -0.181. The predicted octanol–water partition coefficient (Wildman–Crippen LogP) is 3.31. The molecule has 29 heavy (non-hydrogen) atoms. The van der Waals surface area contributed by atoms with E-state index in [1.165, 1.54) is 22.7 Å². The molecule has 2 N–H and O–H groups in total. The van der Waals surface area contributed by atoms with Crippen LogP contribution >= 0.6 is 22.7 Å². The van der Waals surface area contributed by atoms with E-state index in [1.54, 1.807) is 12.1 Å². The van der Waals surface area contributed by atoms with Crippen LogP contribution in [0, 0.1) is 5.41 Å². The Morgan fingerprint density at radius 1 is 1.14 bits per heavy atom. The van der Waals surface area contributed by atoms with Crippen LogP contribution in [0.1, 0.15) is 41.9 Å². The van der Waals surface area contributed by atoms with Gasteiger partial charge in [0, 0.05) is 6.54 Å². The molecule has 156 valence electrons. The number of ether oxygens (including phenoxy) is 1. The Hall–Kier alpha value is -1.74. The van der Waals surface area contributed by atoms with Crippen molar-refractivity contribution in [1.29, 1.82) is 0 Å². The number of carbonyl (C=O) groups excluding carboxylic acids is 1. The molecular formula is C21H25NO5S2. The van der Waals surface area contributed by atoms with E-state index in [9.17, 15) is 14.7 Å². The molecule has 4 rings (SSSR count). The van der Waals surface area contributed by atoms with E-state index in [1.807, 2.05) is 22.9 Å². The molecule has 2 aromatic heterocycles. The van der Waals surface area contributed by atoms with E-state index in [-0.39, 0.29) is 17.9 Å². The third-order valence-electron chi connectivity index (χ3n) is 6.20. The summed E-state index contributed by atoms with van der Waals surface area (Å²) in [6.45, 7) is 2.38. The van der Waals surface area contributed by atoms with Crippen molar-refractivity contribution in [1.82, 2.24) is 4.90 Å². The van der Waals surface area contributed by atoms with Gasteiger partial charge in [-0.3, -0.25) is 4.79 Å². The van der Waals surface area contributed by atoms with E-state index >= 15 is 0 Å². The van der Waals surface area contributed by atoms with Gasteiger partial charge in [-0.25, -0.2) is 4.79 Å². The maximum atomic E-state index is 13.0. The SMILES string of the molecule is O=C(O)CCN1CCC2(CC1)CC(OC(=O)C(O)(c1cccs1)c1cccs1)C2. The molecule has 0 bridgehead atoms. The zero-order valence-electron chi connectivity index (χ0n) is 16.1. The van der Waals surface area contributed by atoms with Gasteiger partial charge in [-0.15, -0.1) is 22.7 Å². The number of nitrogens with zero attached hydrogens (tertiary/aromatic N) is 1. The molecule has 2 aliphatic rings. The lowest BCUT2D eigenvalue weighted by atomic mass is 9.61. The largest absolute Gasteiger partial charge is 0.481 e. The maximum absolute atomic E-state index is 13.0. The van der Waals surface area contributed by atoms with Crippen molar-refractivity contribution in [3.63, 3.8) is 0 Å². The number of hydrogen-bond acceptors (Lipinski definition) is 7. The van der Waals surface area contributed by atoms with Crippen molar-refractivity contribution in [2.75, 3.05) is 19.6 Å². The number of carboxylic acids is 1. The fourth-order valence-electron chi connectivity index (χ4n) is 4.43. The Morgan fingerprint density at radius 3 is 2.21 bits per heavy atom. The van der Waals surface area contributed by atoms with Crippen molar-refractivity contribution >= 4 is 34.6 Å². The van der Waals surface area contributed by atoms with E-state index in [2.05, 4.69) is 4.90 Å². The minimum atomic E-state index is -1.74. The number of rotatable bonds is 7. The summed E-state index contributed by atoms with van der Waals surface area (Å²) in [7, 11) is 0. The van der Waals surface area contributed by atoms with Crippen LogP contribution in [0.15, 0.2) is 35.0 Å². The summed E-state index contributed by atoms with van der Waals surface area (Å²) in [4.78, 5) is 27.1. The van der Waals surface area contributed by atoms with Crippen molar-refractivity contribution in [3.8, 4) is 0 Å². The summed E-state index contributed by atoms with van der Waals surface area (Å²) in [6, 6.07) is 7.17. The van der Waals surface area contributed by atoms with E-state index in [0.717, 1.165) is 38.8 Å². The Labute approximate surface area is 177 Å². The number of hydrogen-bond donors (Lipinski definition) is 2. The summed E-state index contributed by atoms with van der Waals surface area (Å²) < 4.78 is 5.77. The fourth-order valence-corrected chi connectivity index (χ4v) is 6.14. The molecule has 1 aliphatic heterocycles. The number of carboxylic acid groups (broad SMARTS) is 1. The minimum absolute atomic E-state index is 0.167. The summed E-state index contributed by atoms with van der Waals surface area (Å²) in [5.74, 6) is -1.36. The first-order valence-corrected chi connectivity index (χ1v) is 11.6. The van der Waals surface area contributed by atoms with Crippen LogP contribution in [0.2, 0.25) is 0 Å². The molecule has 0 atom stereocenters. The van der Waals surface area contributed by atoms with E-state index in [0.29, 0.717) is 16.3 Å². The van der Waals surface area contributed by atoms with Gasteiger partial charge in [0.1, 0.15) is 6.10 Å². The number of aliphatic hydroxyl groups is 1. The van der Waals surface area contributed by atoms with Gasteiger partial charge in [0.15, 0.2) is 0 Å². The molecule has 0 unspecified atom stereocenters. The quantitative estimate of drug-likeness (QED) is 0.649. The van der Waals surface area contributed by atoms with Crippen LogP contribution in [0.3, 0.4) is 0 Å². The van der Waals surface area contributed by atoms with Crippen LogP contribution in [-0.2, 0) is 19.9 Å². The van der Waals surface area contributed by atoms with Crippen LogP contribution < -0.4 is 0 Å². The third-order valence-corrected chi connectivity index (χ3v) is 8.16. The molecule has 0 radical (unpaired) electrons. The zero-order chi connectivity index (χ0) is 20.5. The number of piperidine rings is 1. The first-order chi connectivity index (χ1) is 13.9. The molecule has 2 aromatic rings. The van der Waals surface area contributed by atoms with Crippen molar-refractivity contribution < 1.29 is 24.5 Å². The number of carbonyl (C=O) groups is 2. The molecule has 1 aliphatic carbocycles. The number of esters is 1. The second-order valence-corrected chi connectivity index (χ2v) is 9.98. The van der Waals surface area contributed by atoms with Gasteiger partial charge in [-0.05, 0) is 67.1 Å². The molecule has 8 heteroatoms. The van der Waals surface area contributed by atoms with Crippen molar-refractivity contribution in [3.05, 3.63) is 44.8 Å². The molecule has 1 saturated heterocycles. The molecule has 1 saturated carbocycles. The Morgan fingerprint density at radius 2 is 1.72 bits per heavy atom. The van der Waals surface area contributed by atoms with Gasteiger partial charge in [-0.1, -0.05) is 12.1 Å². The van der Waals surface area contributed by atoms with Gasteiger partial charge in [-0.2, -0.15) is 0 Å². The minimum Gasteiger partial charge on any atom is -0.481 e. The van der Waals surface area contributed by atoms with Crippen LogP contribution in [0.25, 0.3) is 0 Å². The van der Waals surface area contributed by atoms with Gasteiger partial charge in [0.25, 0.3) is 0 Å². The maximum Gasteiger partial charge on any atom is 0.349 e. The second kappa shape index (κ2) is 8.18. The summed E-state index contributed by atoms with van der Waals surface area (Å²) >= 11 is 2.69. The van der Waals surface area contributed by atoms with Gasteiger partial charge in [0.05, 0.1) is 16.2 Å². The second-order valence-electron chi connectivity index (χ2n) is 8.09. The topological polar surface area (TPSA) is 87.1 Å². The summed E-state index contributed by atoms with van der Waals surface area (Å²) in [5.41, 5.74) is -1.56. The number of thiophene rings is 2. The number of aliphatic carboxylic acids is 1. The summed E-state index contributed by atoms with van der Waals surface area (Å²) in [5, 5.41) is 23.8. The molecule has 1 spiro atoms. The lowest BCUT2D eigenvalue weighted by Gasteiger charge is -2.51. The molecular weight excluding hydrogens is 410 g/mol. The monoisotopic (exact) mass is 435 g/mol.